The van der Waals surface area contributed by atoms with Gasteiger partial charge in [-0.05, 0) is 68.7 Å². The minimum absolute atomic E-state index is 0.0339. The van der Waals surface area contributed by atoms with E-state index in [9.17, 15) is 10.2 Å². The van der Waals surface area contributed by atoms with Crippen molar-refractivity contribution in [1.82, 2.24) is 24.6 Å². The minimum Gasteiger partial charge on any atom is -0.396 e. The average molecular weight is 516 g/mol. The number of aliphatic hydroxyl groups excluding tert-OH is 1. The first-order chi connectivity index (χ1) is 17.9. The summed E-state index contributed by atoms with van der Waals surface area (Å²) >= 11 is 0. The molecule has 2 aromatic heterocycles. The van der Waals surface area contributed by atoms with E-state index in [1.807, 2.05) is 12.3 Å². The van der Waals surface area contributed by atoms with E-state index in [-0.39, 0.29) is 28.9 Å². The first-order valence-electron chi connectivity index (χ1n) is 14.0. The minimum atomic E-state index is -1.21. The second-order valence-electron chi connectivity index (χ2n) is 13.4. The van der Waals surface area contributed by atoms with Crippen LogP contribution in [0.4, 0.5) is 0 Å². The first-order valence-corrected chi connectivity index (χ1v) is 14.0. The van der Waals surface area contributed by atoms with Crippen LogP contribution in [0.25, 0.3) is 11.4 Å². The Morgan fingerprint density at radius 1 is 1.00 bits per heavy atom. The second kappa shape index (κ2) is 8.44. The lowest BCUT2D eigenvalue weighted by Gasteiger charge is -2.69. The van der Waals surface area contributed by atoms with Crippen molar-refractivity contribution in [3.05, 3.63) is 65.2 Å². The van der Waals surface area contributed by atoms with Gasteiger partial charge < -0.3 is 15.1 Å². The van der Waals surface area contributed by atoms with Crippen LogP contribution in [0.3, 0.4) is 0 Å². The van der Waals surface area contributed by atoms with Gasteiger partial charge in [-0.2, -0.15) is 5.10 Å². The SMILES string of the molecule is CC(C)c1ccc([C@](O)(c2cncc(-c3nc(C45CC(CO)(C4)C5)n(C(C)C)n3)c2)C2(C)CN(C)C2)cc1. The van der Waals surface area contributed by atoms with Gasteiger partial charge in [0.2, 0.25) is 0 Å². The summed E-state index contributed by atoms with van der Waals surface area (Å²) in [6.45, 7) is 12.6. The summed E-state index contributed by atoms with van der Waals surface area (Å²) in [6, 6.07) is 10.6. The van der Waals surface area contributed by atoms with E-state index < -0.39 is 5.60 Å². The van der Waals surface area contributed by atoms with Gasteiger partial charge in [0.1, 0.15) is 11.4 Å². The van der Waals surface area contributed by atoms with E-state index in [1.54, 1.807) is 6.20 Å². The third-order valence-electron chi connectivity index (χ3n) is 9.59. The Bertz CT molecular complexity index is 1340. The molecule has 2 bridgehead atoms. The molecule has 7 rings (SSSR count). The van der Waals surface area contributed by atoms with Crippen LogP contribution in [0.2, 0.25) is 0 Å². The summed E-state index contributed by atoms with van der Waals surface area (Å²) in [4.78, 5) is 11.9. The van der Waals surface area contributed by atoms with Gasteiger partial charge in [0.15, 0.2) is 5.82 Å². The monoisotopic (exact) mass is 515 g/mol. The normalized spacial score (nSPS) is 27.5. The lowest BCUT2D eigenvalue weighted by Crippen LogP contribution is -2.67. The maximum atomic E-state index is 12.6. The van der Waals surface area contributed by atoms with Crippen LogP contribution in [0.5, 0.6) is 0 Å². The van der Waals surface area contributed by atoms with Gasteiger partial charge in [-0.1, -0.05) is 45.0 Å². The van der Waals surface area contributed by atoms with E-state index in [4.69, 9.17) is 10.1 Å². The van der Waals surface area contributed by atoms with Crippen LogP contribution < -0.4 is 0 Å². The van der Waals surface area contributed by atoms with Crippen LogP contribution in [-0.4, -0.2) is 61.6 Å². The molecule has 3 heterocycles. The zero-order valence-electron chi connectivity index (χ0n) is 23.6. The Balaban J connectivity index is 1.41. The summed E-state index contributed by atoms with van der Waals surface area (Å²) < 4.78 is 2.06. The van der Waals surface area contributed by atoms with Crippen LogP contribution >= 0.6 is 0 Å². The molecular weight excluding hydrogens is 474 g/mol. The Hall–Kier alpha value is -2.61. The summed E-state index contributed by atoms with van der Waals surface area (Å²) in [7, 11) is 2.09. The van der Waals surface area contributed by atoms with Crippen molar-refractivity contribution in [2.24, 2.45) is 10.8 Å². The number of aliphatic hydroxyl groups is 2. The van der Waals surface area contributed by atoms with Crippen molar-refractivity contribution < 1.29 is 10.2 Å². The van der Waals surface area contributed by atoms with Gasteiger partial charge in [0.05, 0.1) is 0 Å². The number of pyridine rings is 1. The van der Waals surface area contributed by atoms with Crippen LogP contribution in [0.1, 0.15) is 88.4 Å². The molecule has 0 amide bonds. The lowest BCUT2D eigenvalue weighted by molar-refractivity contribution is -0.173. The fourth-order valence-corrected chi connectivity index (χ4v) is 7.68. The Labute approximate surface area is 225 Å². The van der Waals surface area contributed by atoms with Crippen molar-refractivity contribution in [2.45, 2.75) is 76.9 Å². The van der Waals surface area contributed by atoms with Crippen LogP contribution in [0.15, 0.2) is 42.7 Å². The molecule has 7 heteroatoms. The number of hydrogen-bond donors (Lipinski definition) is 2. The van der Waals surface area contributed by atoms with Crippen molar-refractivity contribution in [3.63, 3.8) is 0 Å². The highest BCUT2D eigenvalue weighted by Crippen LogP contribution is 2.73. The molecule has 0 unspecified atom stereocenters. The van der Waals surface area contributed by atoms with Crippen molar-refractivity contribution in [1.29, 1.82) is 0 Å². The van der Waals surface area contributed by atoms with Gasteiger partial charge in [-0.3, -0.25) is 4.98 Å². The number of hydrogen-bond acceptors (Lipinski definition) is 6. The number of likely N-dealkylation sites (tertiary alicyclic amines) is 1. The molecule has 1 atom stereocenters. The fourth-order valence-electron chi connectivity index (χ4n) is 7.68. The molecule has 0 spiro atoms. The average Bonchev–Trinajstić information content (AvgIpc) is 3.27. The molecule has 4 aliphatic rings. The van der Waals surface area contributed by atoms with Gasteiger partial charge in [-0.15, -0.1) is 0 Å². The summed E-state index contributed by atoms with van der Waals surface area (Å²) in [5.74, 6) is 2.10. The van der Waals surface area contributed by atoms with E-state index in [0.29, 0.717) is 11.7 Å². The quantitative estimate of drug-likeness (QED) is 0.454. The van der Waals surface area contributed by atoms with Crippen LogP contribution in [0, 0.1) is 10.8 Å². The molecule has 4 fully saturated rings. The molecule has 3 aromatic rings. The summed E-state index contributed by atoms with van der Waals surface area (Å²) in [5, 5.41) is 27.3. The molecule has 2 N–H and O–H groups in total. The predicted molar refractivity (Wildman–Crippen MR) is 148 cm³/mol. The second-order valence-corrected chi connectivity index (χ2v) is 13.4. The smallest absolute Gasteiger partial charge is 0.182 e. The zero-order chi connectivity index (χ0) is 27.1. The number of aromatic nitrogens is 4. The van der Waals surface area contributed by atoms with Gasteiger partial charge in [-0.25, -0.2) is 9.67 Å². The van der Waals surface area contributed by atoms with E-state index in [0.717, 1.165) is 54.9 Å². The maximum Gasteiger partial charge on any atom is 0.182 e. The highest BCUT2D eigenvalue weighted by atomic mass is 16.3. The van der Waals surface area contributed by atoms with E-state index >= 15 is 0 Å². The number of nitrogens with zero attached hydrogens (tertiary/aromatic N) is 5. The lowest BCUT2D eigenvalue weighted by atomic mass is 9.35. The molecule has 1 saturated heterocycles. The van der Waals surface area contributed by atoms with Gasteiger partial charge >= 0.3 is 0 Å². The third-order valence-corrected chi connectivity index (χ3v) is 9.59. The Kier molecular flexibility index (Phi) is 5.70. The zero-order valence-corrected chi connectivity index (χ0v) is 23.6. The van der Waals surface area contributed by atoms with Crippen molar-refractivity contribution in [3.8, 4) is 11.4 Å². The topological polar surface area (TPSA) is 87.3 Å². The first kappa shape index (κ1) is 25.7. The highest BCUT2D eigenvalue weighted by Gasteiger charge is 2.70. The number of benzene rings is 1. The fraction of sp³-hybridized carbons (Fsp3) is 0.581. The molecule has 3 saturated carbocycles. The van der Waals surface area contributed by atoms with Gasteiger partial charge in [0.25, 0.3) is 0 Å². The molecular formula is C31H41N5O2. The molecule has 202 valence electrons. The van der Waals surface area contributed by atoms with E-state index in [2.05, 4.69) is 80.5 Å². The van der Waals surface area contributed by atoms with Crippen molar-refractivity contribution in [2.75, 3.05) is 26.7 Å². The molecule has 38 heavy (non-hydrogen) atoms. The predicted octanol–water partition coefficient (Wildman–Crippen LogP) is 4.65. The van der Waals surface area contributed by atoms with Crippen molar-refractivity contribution >= 4 is 0 Å². The van der Waals surface area contributed by atoms with E-state index in [1.165, 1.54) is 5.56 Å². The molecule has 1 aromatic carbocycles. The largest absolute Gasteiger partial charge is 0.396 e. The van der Waals surface area contributed by atoms with Crippen LogP contribution in [-0.2, 0) is 11.0 Å². The molecule has 3 aliphatic carbocycles. The summed E-state index contributed by atoms with van der Waals surface area (Å²) in [5.41, 5.74) is 2.31. The molecule has 7 nitrogen and oxygen atoms in total. The molecule has 1 aliphatic heterocycles. The molecule has 0 radical (unpaired) electrons. The highest BCUT2D eigenvalue weighted by molar-refractivity contribution is 5.57. The Morgan fingerprint density at radius 2 is 1.66 bits per heavy atom. The number of rotatable bonds is 8. The maximum absolute atomic E-state index is 12.6. The van der Waals surface area contributed by atoms with Gasteiger partial charge in [0, 0.05) is 60.1 Å². The Morgan fingerprint density at radius 3 is 2.21 bits per heavy atom. The standard InChI is InChI=1S/C31H41N5O2/c1-20(2)22-7-9-24(10-8-22)31(38,28(5)17-35(6)18-28)25-11-23(12-32-13-25)26-33-27(36(34-26)21(3)4)30-14-29(15-30,16-30)19-37/h7-13,20-21,37-38H,14-19H2,1-6H3/t29?,30?,31-/m0/s1. The summed E-state index contributed by atoms with van der Waals surface area (Å²) in [6.07, 6.45) is 6.56. The third kappa shape index (κ3) is 3.55.